The molecule has 0 bridgehead atoms. The highest BCUT2D eigenvalue weighted by molar-refractivity contribution is 5.73. The molecular weight excluding hydrogens is 300 g/mol. The second kappa shape index (κ2) is 10.3. The molecule has 0 heterocycles. The van der Waals surface area contributed by atoms with Gasteiger partial charge in [0.25, 0.3) is 0 Å². The molecule has 1 rings (SSSR count). The molecule has 2 amide bonds. The lowest BCUT2D eigenvalue weighted by Crippen LogP contribution is -2.37. The van der Waals surface area contributed by atoms with Gasteiger partial charge in [0.1, 0.15) is 0 Å². The number of urea groups is 1. The molecule has 7 heteroatoms. The molecule has 128 valence electrons. The van der Waals surface area contributed by atoms with Crippen LogP contribution in [-0.4, -0.2) is 43.9 Å². The zero-order chi connectivity index (χ0) is 17.1. The number of methoxy groups -OCH3 is 1. The summed E-state index contributed by atoms with van der Waals surface area (Å²) in [4.78, 5) is 21.9. The molecule has 0 aliphatic rings. The van der Waals surface area contributed by atoms with Crippen molar-refractivity contribution in [2.45, 2.75) is 26.2 Å². The highest BCUT2D eigenvalue weighted by Gasteiger charge is 2.06. The van der Waals surface area contributed by atoms with Crippen LogP contribution in [0.2, 0.25) is 0 Å². The first kappa shape index (κ1) is 18.6. The zero-order valence-electron chi connectivity index (χ0n) is 13.6. The summed E-state index contributed by atoms with van der Waals surface area (Å²) >= 11 is 0. The van der Waals surface area contributed by atoms with E-state index < -0.39 is 5.97 Å². The van der Waals surface area contributed by atoms with Crippen molar-refractivity contribution in [3.63, 3.8) is 0 Å². The lowest BCUT2D eigenvalue weighted by atomic mass is 10.1. The fourth-order valence-corrected chi connectivity index (χ4v) is 1.97. The fourth-order valence-electron chi connectivity index (χ4n) is 1.97. The molecule has 23 heavy (non-hydrogen) atoms. The van der Waals surface area contributed by atoms with Gasteiger partial charge in [-0.05, 0) is 37.5 Å². The maximum absolute atomic E-state index is 11.5. The Labute approximate surface area is 136 Å². The van der Waals surface area contributed by atoms with Crippen LogP contribution in [0.1, 0.15) is 25.3 Å². The van der Waals surface area contributed by atoms with Crippen LogP contribution in [0.25, 0.3) is 0 Å². The number of rotatable bonds is 10. The third kappa shape index (κ3) is 7.39. The van der Waals surface area contributed by atoms with Crippen LogP contribution in [0.5, 0.6) is 11.5 Å². The van der Waals surface area contributed by atoms with Crippen molar-refractivity contribution < 1.29 is 24.2 Å². The van der Waals surface area contributed by atoms with E-state index in [9.17, 15) is 9.59 Å². The van der Waals surface area contributed by atoms with Gasteiger partial charge in [-0.2, -0.15) is 0 Å². The van der Waals surface area contributed by atoms with E-state index in [1.807, 2.05) is 25.1 Å². The summed E-state index contributed by atoms with van der Waals surface area (Å²) in [7, 11) is 1.59. The Balaban J connectivity index is 2.32. The predicted octanol–water partition coefficient (Wildman–Crippen LogP) is 1.80. The number of amides is 2. The van der Waals surface area contributed by atoms with Crippen LogP contribution < -0.4 is 20.1 Å². The minimum Gasteiger partial charge on any atom is -0.493 e. The van der Waals surface area contributed by atoms with E-state index in [1.165, 1.54) is 0 Å². The van der Waals surface area contributed by atoms with Gasteiger partial charge in [-0.25, -0.2) is 4.79 Å². The van der Waals surface area contributed by atoms with Crippen molar-refractivity contribution in [3.05, 3.63) is 23.8 Å². The van der Waals surface area contributed by atoms with Gasteiger partial charge in [-0.15, -0.1) is 0 Å². The van der Waals surface area contributed by atoms with Crippen LogP contribution in [0.4, 0.5) is 4.79 Å². The lowest BCUT2D eigenvalue weighted by molar-refractivity contribution is -0.137. The van der Waals surface area contributed by atoms with Gasteiger partial charge in [0, 0.05) is 19.5 Å². The van der Waals surface area contributed by atoms with Gasteiger partial charge < -0.3 is 25.2 Å². The highest BCUT2D eigenvalue weighted by Crippen LogP contribution is 2.28. The second-order valence-electron chi connectivity index (χ2n) is 4.85. The van der Waals surface area contributed by atoms with E-state index in [0.29, 0.717) is 44.0 Å². The summed E-state index contributed by atoms with van der Waals surface area (Å²) in [5, 5.41) is 13.8. The average molecular weight is 324 g/mol. The van der Waals surface area contributed by atoms with E-state index in [2.05, 4.69) is 10.6 Å². The number of carboxylic acids is 1. The molecule has 1 aromatic carbocycles. The van der Waals surface area contributed by atoms with E-state index >= 15 is 0 Å². The topological polar surface area (TPSA) is 96.9 Å². The molecule has 0 saturated heterocycles. The Morgan fingerprint density at radius 1 is 1.17 bits per heavy atom. The zero-order valence-corrected chi connectivity index (χ0v) is 13.6. The lowest BCUT2D eigenvalue weighted by Gasteiger charge is -2.11. The number of ether oxygens (including phenoxy) is 2. The Morgan fingerprint density at radius 3 is 2.57 bits per heavy atom. The third-order valence-corrected chi connectivity index (χ3v) is 3.08. The smallest absolute Gasteiger partial charge is 0.314 e. The van der Waals surface area contributed by atoms with Crippen LogP contribution in [0.3, 0.4) is 0 Å². The minimum atomic E-state index is -0.864. The van der Waals surface area contributed by atoms with Crippen LogP contribution >= 0.6 is 0 Å². The molecule has 0 aliphatic carbocycles. The van der Waals surface area contributed by atoms with Crippen LogP contribution in [0, 0.1) is 0 Å². The molecule has 1 aromatic rings. The molecule has 0 aliphatic heterocycles. The van der Waals surface area contributed by atoms with Crippen molar-refractivity contribution in [2.75, 3.05) is 26.8 Å². The Hall–Kier alpha value is -2.44. The van der Waals surface area contributed by atoms with Crippen molar-refractivity contribution >= 4 is 12.0 Å². The monoisotopic (exact) mass is 324 g/mol. The van der Waals surface area contributed by atoms with E-state index in [-0.39, 0.29) is 12.5 Å². The van der Waals surface area contributed by atoms with Gasteiger partial charge in [0.05, 0.1) is 13.7 Å². The van der Waals surface area contributed by atoms with E-state index in [1.54, 1.807) is 7.11 Å². The minimum absolute atomic E-state index is 0.0479. The molecule has 0 atom stereocenters. The van der Waals surface area contributed by atoms with Crippen molar-refractivity contribution in [2.24, 2.45) is 0 Å². The van der Waals surface area contributed by atoms with Gasteiger partial charge >= 0.3 is 12.0 Å². The SMILES string of the molecule is CCOc1ccc(CCNC(=O)NCCCC(=O)O)cc1OC. The summed E-state index contributed by atoms with van der Waals surface area (Å²) in [6.07, 6.45) is 1.12. The summed E-state index contributed by atoms with van der Waals surface area (Å²) in [6, 6.07) is 5.37. The Kier molecular flexibility index (Phi) is 8.34. The molecule has 0 radical (unpaired) electrons. The molecule has 0 aromatic heterocycles. The van der Waals surface area contributed by atoms with E-state index in [0.717, 1.165) is 5.56 Å². The average Bonchev–Trinajstić information content (AvgIpc) is 2.53. The van der Waals surface area contributed by atoms with Gasteiger partial charge in [-0.1, -0.05) is 6.07 Å². The van der Waals surface area contributed by atoms with Crippen molar-refractivity contribution in [3.8, 4) is 11.5 Å². The number of hydrogen-bond acceptors (Lipinski definition) is 4. The predicted molar refractivity (Wildman–Crippen MR) is 86.1 cm³/mol. The number of carbonyl (C=O) groups excluding carboxylic acids is 1. The second-order valence-corrected chi connectivity index (χ2v) is 4.85. The molecular formula is C16H24N2O5. The third-order valence-electron chi connectivity index (χ3n) is 3.08. The number of hydrogen-bond donors (Lipinski definition) is 3. The highest BCUT2D eigenvalue weighted by atomic mass is 16.5. The quantitative estimate of drug-likeness (QED) is 0.570. The van der Waals surface area contributed by atoms with Crippen LogP contribution in [0.15, 0.2) is 18.2 Å². The van der Waals surface area contributed by atoms with Crippen molar-refractivity contribution in [1.29, 1.82) is 0 Å². The number of aliphatic carboxylic acids is 1. The first-order valence-electron chi connectivity index (χ1n) is 7.60. The number of nitrogens with one attached hydrogen (secondary N) is 2. The van der Waals surface area contributed by atoms with Gasteiger partial charge in [0.15, 0.2) is 11.5 Å². The molecule has 0 fully saturated rings. The summed E-state index contributed by atoms with van der Waals surface area (Å²) in [5.41, 5.74) is 1.02. The van der Waals surface area contributed by atoms with Crippen LogP contribution in [-0.2, 0) is 11.2 Å². The Bertz CT molecular complexity index is 519. The maximum Gasteiger partial charge on any atom is 0.314 e. The summed E-state index contributed by atoms with van der Waals surface area (Å²) in [5.74, 6) is 0.502. The number of benzene rings is 1. The van der Waals surface area contributed by atoms with Gasteiger partial charge in [0.2, 0.25) is 0 Å². The normalized spacial score (nSPS) is 10.0. The standard InChI is InChI=1S/C16H24N2O5/c1-3-23-13-7-6-12(11-14(13)22-2)8-10-18-16(21)17-9-4-5-15(19)20/h6-7,11H,3-5,8-10H2,1-2H3,(H,19,20)(H2,17,18,21). The Morgan fingerprint density at radius 2 is 1.91 bits per heavy atom. The van der Waals surface area contributed by atoms with Gasteiger partial charge in [-0.3, -0.25) is 4.79 Å². The number of carbonyl (C=O) groups is 2. The molecule has 0 unspecified atom stereocenters. The molecule has 3 N–H and O–H groups in total. The van der Waals surface area contributed by atoms with E-state index in [4.69, 9.17) is 14.6 Å². The molecule has 0 spiro atoms. The molecule has 7 nitrogen and oxygen atoms in total. The first-order valence-corrected chi connectivity index (χ1v) is 7.60. The van der Waals surface area contributed by atoms with Crippen molar-refractivity contribution in [1.82, 2.24) is 10.6 Å². The summed E-state index contributed by atoms with van der Waals surface area (Å²) < 4.78 is 10.7. The fraction of sp³-hybridized carbons (Fsp3) is 0.500. The first-order chi connectivity index (χ1) is 11.1. The number of carboxylic acid groups (broad SMARTS) is 1. The summed E-state index contributed by atoms with van der Waals surface area (Å²) in [6.45, 7) is 3.29. The molecule has 0 saturated carbocycles. The largest absolute Gasteiger partial charge is 0.493 e. The maximum atomic E-state index is 11.5.